The van der Waals surface area contributed by atoms with Gasteiger partial charge in [-0.3, -0.25) is 9.89 Å². The maximum atomic E-state index is 13.1. The molecule has 1 unspecified atom stereocenters. The highest BCUT2D eigenvalue weighted by Gasteiger charge is 2.17. The third-order valence-corrected chi connectivity index (χ3v) is 2.70. The molecule has 1 aromatic heterocycles. The number of anilines is 1. The van der Waals surface area contributed by atoms with Crippen molar-refractivity contribution in [3.05, 3.63) is 47.3 Å². The van der Waals surface area contributed by atoms with E-state index in [1.54, 1.807) is 19.3 Å². The number of nitrogens with one attached hydrogen (secondary N) is 2. The second-order valence-electron chi connectivity index (χ2n) is 4.08. The first kappa shape index (κ1) is 13.0. The highest BCUT2D eigenvalue weighted by Crippen LogP contribution is 2.18. The van der Waals surface area contributed by atoms with Crippen LogP contribution in [0.25, 0.3) is 0 Å². The van der Waals surface area contributed by atoms with Crippen LogP contribution in [0.4, 0.5) is 14.5 Å². The predicted octanol–water partition coefficient (Wildman–Crippen LogP) is 1.76. The lowest BCUT2D eigenvalue weighted by molar-refractivity contribution is 0.0940. The van der Waals surface area contributed by atoms with Gasteiger partial charge in [0.25, 0.3) is 5.91 Å². The summed E-state index contributed by atoms with van der Waals surface area (Å²) in [5, 5.41) is 8.99. The Balaban J connectivity index is 2.19. The second kappa shape index (κ2) is 5.05. The molecule has 0 saturated carbocycles. The number of aromatic amines is 1. The minimum absolute atomic E-state index is 0.103. The quantitative estimate of drug-likeness (QED) is 0.740. The van der Waals surface area contributed by atoms with Gasteiger partial charge in [0.15, 0.2) is 11.6 Å². The molecule has 2 aromatic rings. The Hall–Kier alpha value is -2.44. The minimum Gasteiger partial charge on any atom is -0.398 e. The minimum atomic E-state index is -1.12. The van der Waals surface area contributed by atoms with Crippen molar-refractivity contribution in [2.75, 3.05) is 5.73 Å². The van der Waals surface area contributed by atoms with Crippen LogP contribution in [0.2, 0.25) is 0 Å². The number of carbonyl (C=O) groups excluding carboxylic acids is 1. The molecule has 0 radical (unpaired) electrons. The van der Waals surface area contributed by atoms with Gasteiger partial charge in [-0.25, -0.2) is 8.78 Å². The van der Waals surface area contributed by atoms with Crippen molar-refractivity contribution in [1.29, 1.82) is 0 Å². The van der Waals surface area contributed by atoms with Crippen LogP contribution in [0, 0.1) is 11.6 Å². The zero-order chi connectivity index (χ0) is 14.0. The smallest absolute Gasteiger partial charge is 0.253 e. The van der Waals surface area contributed by atoms with Gasteiger partial charge in [0, 0.05) is 23.5 Å². The number of amides is 1. The normalized spacial score (nSPS) is 12.2. The lowest BCUT2D eigenvalue weighted by atomic mass is 10.1. The van der Waals surface area contributed by atoms with Crippen molar-refractivity contribution in [1.82, 2.24) is 15.5 Å². The van der Waals surface area contributed by atoms with E-state index in [-0.39, 0.29) is 17.3 Å². The number of nitrogens with two attached hydrogens (primary N) is 1. The number of hydrogen-bond acceptors (Lipinski definition) is 3. The number of hydrogen-bond donors (Lipinski definition) is 3. The Bertz CT molecular complexity index is 598. The summed E-state index contributed by atoms with van der Waals surface area (Å²) in [5.41, 5.74) is 6.04. The van der Waals surface area contributed by atoms with Crippen LogP contribution in [0.15, 0.2) is 24.5 Å². The molecule has 5 nitrogen and oxygen atoms in total. The summed E-state index contributed by atoms with van der Waals surface area (Å²) in [6, 6.07) is 1.23. The first-order valence-electron chi connectivity index (χ1n) is 5.53. The van der Waals surface area contributed by atoms with Crippen molar-refractivity contribution >= 4 is 11.6 Å². The topological polar surface area (TPSA) is 83.8 Å². The van der Waals surface area contributed by atoms with E-state index in [0.29, 0.717) is 0 Å². The molecule has 1 aromatic carbocycles. The standard InChI is InChI=1S/C12H12F2N4O/c1-6(7-4-16-17-5-7)18-12(19)8-2-9(13)10(14)3-11(8)15/h2-6H,15H2,1H3,(H,16,17)(H,18,19). The van der Waals surface area contributed by atoms with Gasteiger partial charge in [0.2, 0.25) is 0 Å². The average Bonchev–Trinajstić information content (AvgIpc) is 2.87. The second-order valence-corrected chi connectivity index (χ2v) is 4.08. The highest BCUT2D eigenvalue weighted by atomic mass is 19.2. The molecule has 19 heavy (non-hydrogen) atoms. The van der Waals surface area contributed by atoms with Crippen molar-refractivity contribution < 1.29 is 13.6 Å². The number of benzene rings is 1. The molecule has 1 amide bonds. The summed E-state index contributed by atoms with van der Waals surface area (Å²) in [5.74, 6) is -2.78. The van der Waals surface area contributed by atoms with Gasteiger partial charge in [-0.05, 0) is 13.0 Å². The molecule has 0 bridgehead atoms. The number of carbonyl (C=O) groups is 1. The summed E-state index contributed by atoms with van der Waals surface area (Å²) in [6.45, 7) is 1.73. The van der Waals surface area contributed by atoms with Gasteiger partial charge in [-0.2, -0.15) is 5.10 Å². The van der Waals surface area contributed by atoms with E-state index in [1.807, 2.05) is 0 Å². The fourth-order valence-corrected chi connectivity index (χ4v) is 1.61. The summed E-state index contributed by atoms with van der Waals surface area (Å²) in [6.07, 6.45) is 3.18. The molecule has 100 valence electrons. The largest absolute Gasteiger partial charge is 0.398 e. The Morgan fingerprint density at radius 2 is 2.11 bits per heavy atom. The molecule has 0 aliphatic heterocycles. The van der Waals surface area contributed by atoms with Gasteiger partial charge in [-0.15, -0.1) is 0 Å². The van der Waals surface area contributed by atoms with Gasteiger partial charge in [0.05, 0.1) is 17.8 Å². The van der Waals surface area contributed by atoms with E-state index >= 15 is 0 Å². The first-order chi connectivity index (χ1) is 8.99. The monoisotopic (exact) mass is 266 g/mol. The van der Waals surface area contributed by atoms with Crippen LogP contribution >= 0.6 is 0 Å². The van der Waals surface area contributed by atoms with Crippen molar-refractivity contribution in [3.63, 3.8) is 0 Å². The Kier molecular flexibility index (Phi) is 3.46. The summed E-state index contributed by atoms with van der Waals surface area (Å²) >= 11 is 0. The van der Waals surface area contributed by atoms with Crippen molar-refractivity contribution in [3.8, 4) is 0 Å². The molecule has 7 heteroatoms. The van der Waals surface area contributed by atoms with Gasteiger partial charge in [0.1, 0.15) is 0 Å². The van der Waals surface area contributed by atoms with E-state index in [1.165, 1.54) is 0 Å². The Labute approximate surface area is 107 Å². The summed E-state index contributed by atoms with van der Waals surface area (Å²) < 4.78 is 26.0. The maximum Gasteiger partial charge on any atom is 0.253 e. The lowest BCUT2D eigenvalue weighted by Crippen LogP contribution is -2.27. The van der Waals surface area contributed by atoms with Crippen molar-refractivity contribution in [2.24, 2.45) is 0 Å². The van der Waals surface area contributed by atoms with E-state index in [0.717, 1.165) is 17.7 Å². The van der Waals surface area contributed by atoms with E-state index in [4.69, 9.17) is 5.73 Å². The van der Waals surface area contributed by atoms with Gasteiger partial charge >= 0.3 is 0 Å². The number of halogens is 2. The highest BCUT2D eigenvalue weighted by molar-refractivity contribution is 5.99. The zero-order valence-electron chi connectivity index (χ0n) is 10.1. The first-order valence-corrected chi connectivity index (χ1v) is 5.53. The number of rotatable bonds is 3. The average molecular weight is 266 g/mol. The molecule has 0 fully saturated rings. The third kappa shape index (κ3) is 2.70. The molecular weight excluding hydrogens is 254 g/mol. The number of nitrogens with zero attached hydrogens (tertiary/aromatic N) is 1. The molecule has 1 atom stereocenters. The van der Waals surface area contributed by atoms with Gasteiger partial charge < -0.3 is 11.1 Å². The molecule has 4 N–H and O–H groups in total. The van der Waals surface area contributed by atoms with Crippen molar-refractivity contribution in [2.45, 2.75) is 13.0 Å². The molecule has 0 aliphatic carbocycles. The van der Waals surface area contributed by atoms with Crippen LogP contribution in [0.5, 0.6) is 0 Å². The fraction of sp³-hybridized carbons (Fsp3) is 0.167. The molecule has 0 spiro atoms. The Morgan fingerprint density at radius 1 is 1.42 bits per heavy atom. The SMILES string of the molecule is CC(NC(=O)c1cc(F)c(F)cc1N)c1cn[nH]c1. The lowest BCUT2D eigenvalue weighted by Gasteiger charge is -2.13. The molecule has 2 rings (SSSR count). The van der Waals surface area contributed by atoms with Crippen LogP contribution < -0.4 is 11.1 Å². The summed E-state index contributed by atoms with van der Waals surface area (Å²) in [7, 11) is 0. The van der Waals surface area contributed by atoms with E-state index < -0.39 is 17.5 Å². The summed E-state index contributed by atoms with van der Waals surface area (Å²) in [4.78, 5) is 11.9. The van der Waals surface area contributed by atoms with E-state index in [9.17, 15) is 13.6 Å². The number of nitrogen functional groups attached to an aromatic ring is 1. The van der Waals surface area contributed by atoms with Gasteiger partial charge in [-0.1, -0.05) is 0 Å². The molecule has 0 saturated heterocycles. The Morgan fingerprint density at radius 3 is 2.74 bits per heavy atom. The van der Waals surface area contributed by atoms with Crippen LogP contribution in [-0.4, -0.2) is 16.1 Å². The number of aromatic nitrogens is 2. The third-order valence-electron chi connectivity index (χ3n) is 2.70. The maximum absolute atomic E-state index is 13.1. The van der Waals surface area contributed by atoms with Crippen LogP contribution in [0.1, 0.15) is 28.9 Å². The molecule has 0 aliphatic rings. The number of H-pyrrole nitrogens is 1. The molecule has 1 heterocycles. The zero-order valence-corrected chi connectivity index (χ0v) is 10.1. The predicted molar refractivity (Wildman–Crippen MR) is 65.2 cm³/mol. The van der Waals surface area contributed by atoms with Crippen LogP contribution in [-0.2, 0) is 0 Å². The van der Waals surface area contributed by atoms with Crippen LogP contribution in [0.3, 0.4) is 0 Å². The molecular formula is C12H12F2N4O. The fourth-order valence-electron chi connectivity index (χ4n) is 1.61. The van der Waals surface area contributed by atoms with E-state index in [2.05, 4.69) is 15.5 Å².